The molecule has 0 aliphatic heterocycles. The number of benzene rings is 2. The first-order valence-electron chi connectivity index (χ1n) is 6.32. The number of alkyl halides is 1. The molecule has 2 rings (SSSR count). The molecule has 0 aliphatic rings. The summed E-state index contributed by atoms with van der Waals surface area (Å²) in [6.07, 6.45) is 0. The van der Waals surface area contributed by atoms with Crippen molar-refractivity contribution >= 4 is 33.2 Å². The van der Waals surface area contributed by atoms with Gasteiger partial charge in [0.25, 0.3) is 0 Å². The van der Waals surface area contributed by atoms with Crippen LogP contribution in [0.15, 0.2) is 42.5 Å². The van der Waals surface area contributed by atoms with E-state index in [0.29, 0.717) is 0 Å². The largest absolute Gasteiger partial charge is 0.497 e. The lowest BCUT2D eigenvalue weighted by Crippen LogP contribution is -2.17. The maximum absolute atomic E-state index is 6.11. The van der Waals surface area contributed by atoms with Crippen LogP contribution in [0.4, 0.5) is 5.69 Å². The van der Waals surface area contributed by atoms with Crippen LogP contribution < -0.4 is 9.64 Å². The van der Waals surface area contributed by atoms with E-state index in [9.17, 15) is 0 Å². The van der Waals surface area contributed by atoms with Gasteiger partial charge in [-0.15, -0.1) is 0 Å². The van der Waals surface area contributed by atoms with Gasteiger partial charge in [-0.2, -0.15) is 0 Å². The van der Waals surface area contributed by atoms with E-state index in [4.69, 9.17) is 16.3 Å². The molecule has 2 aromatic carbocycles. The molecule has 2 aromatic rings. The van der Waals surface area contributed by atoms with Gasteiger partial charge < -0.3 is 9.64 Å². The molecule has 4 heteroatoms. The Hall–Kier alpha value is -1.19. The summed E-state index contributed by atoms with van der Waals surface area (Å²) in [5, 5.41) is 1.56. The fourth-order valence-corrected chi connectivity index (χ4v) is 2.78. The maximum atomic E-state index is 6.11. The Labute approximate surface area is 133 Å². The van der Waals surface area contributed by atoms with Crippen LogP contribution >= 0.6 is 27.5 Å². The summed E-state index contributed by atoms with van der Waals surface area (Å²) in [7, 11) is 3.75. The lowest BCUT2D eigenvalue weighted by molar-refractivity contribution is 0.414. The van der Waals surface area contributed by atoms with Crippen LogP contribution in [-0.4, -0.2) is 14.2 Å². The molecule has 0 heterocycles. The molecule has 0 radical (unpaired) electrons. The Bertz CT molecular complexity index is 588. The molecule has 0 saturated heterocycles. The standard InChI is InChI=1S/C16H17BrClNO/c1-19(11-12-4-3-5-15(8-12)20-2)16-9-14(18)7-6-13(16)10-17/h3-9H,10-11H2,1-2H3. The summed E-state index contributed by atoms with van der Waals surface area (Å²) in [4.78, 5) is 2.19. The number of ether oxygens (including phenoxy) is 1. The van der Waals surface area contributed by atoms with Crippen molar-refractivity contribution in [2.24, 2.45) is 0 Å². The number of hydrogen-bond acceptors (Lipinski definition) is 2. The zero-order valence-electron chi connectivity index (χ0n) is 11.6. The van der Waals surface area contributed by atoms with Crippen molar-refractivity contribution in [1.29, 1.82) is 0 Å². The van der Waals surface area contributed by atoms with Gasteiger partial charge in [0.05, 0.1) is 7.11 Å². The third kappa shape index (κ3) is 3.68. The molecule has 106 valence electrons. The van der Waals surface area contributed by atoms with Crippen LogP contribution in [0.2, 0.25) is 5.02 Å². The molecule has 2 nitrogen and oxygen atoms in total. The van der Waals surface area contributed by atoms with Crippen molar-refractivity contribution in [1.82, 2.24) is 0 Å². The van der Waals surface area contributed by atoms with Crippen LogP contribution in [0.1, 0.15) is 11.1 Å². The summed E-state index contributed by atoms with van der Waals surface area (Å²) in [6, 6.07) is 14.1. The van der Waals surface area contributed by atoms with Gasteiger partial charge >= 0.3 is 0 Å². The van der Waals surface area contributed by atoms with E-state index in [1.165, 1.54) is 11.1 Å². The van der Waals surface area contributed by atoms with Crippen molar-refractivity contribution < 1.29 is 4.74 Å². The smallest absolute Gasteiger partial charge is 0.119 e. The van der Waals surface area contributed by atoms with Gasteiger partial charge in [0.15, 0.2) is 0 Å². The van der Waals surface area contributed by atoms with E-state index in [-0.39, 0.29) is 0 Å². The van der Waals surface area contributed by atoms with Crippen molar-refractivity contribution in [3.05, 3.63) is 58.6 Å². The number of halogens is 2. The molecule has 0 aliphatic carbocycles. The first-order chi connectivity index (χ1) is 9.63. The minimum absolute atomic E-state index is 0.752. The summed E-state index contributed by atoms with van der Waals surface area (Å²) in [5.74, 6) is 0.878. The molecule has 0 aromatic heterocycles. The van der Waals surface area contributed by atoms with Crippen molar-refractivity contribution in [3.63, 3.8) is 0 Å². The average molecular weight is 355 g/mol. The lowest BCUT2D eigenvalue weighted by Gasteiger charge is -2.22. The van der Waals surface area contributed by atoms with E-state index in [1.54, 1.807) is 7.11 Å². The second-order valence-corrected chi connectivity index (χ2v) is 5.61. The van der Waals surface area contributed by atoms with Gasteiger partial charge in [-0.1, -0.05) is 45.7 Å². The van der Waals surface area contributed by atoms with Gasteiger partial charge in [0.2, 0.25) is 0 Å². The van der Waals surface area contributed by atoms with Crippen LogP contribution in [-0.2, 0) is 11.9 Å². The zero-order valence-corrected chi connectivity index (χ0v) is 13.9. The molecule has 0 amide bonds. The molecule has 0 bridgehead atoms. The Kier molecular flexibility index (Phi) is 5.32. The van der Waals surface area contributed by atoms with E-state index >= 15 is 0 Å². The Morgan fingerprint density at radius 2 is 2.00 bits per heavy atom. The van der Waals surface area contributed by atoms with Crippen LogP contribution in [0, 0.1) is 0 Å². The number of methoxy groups -OCH3 is 1. The molecule has 0 N–H and O–H groups in total. The topological polar surface area (TPSA) is 12.5 Å². The second-order valence-electron chi connectivity index (χ2n) is 4.61. The molecule has 0 atom stereocenters. The molecular formula is C16H17BrClNO. The number of rotatable bonds is 5. The summed E-state index contributed by atoms with van der Waals surface area (Å²) >= 11 is 9.63. The zero-order chi connectivity index (χ0) is 14.5. The highest BCUT2D eigenvalue weighted by Crippen LogP contribution is 2.27. The Balaban J connectivity index is 2.23. The van der Waals surface area contributed by atoms with Crippen LogP contribution in [0.3, 0.4) is 0 Å². The molecule has 0 fully saturated rings. The van der Waals surface area contributed by atoms with Gasteiger partial charge in [0.1, 0.15) is 5.75 Å². The summed E-state index contributed by atoms with van der Waals surface area (Å²) in [6.45, 7) is 0.803. The van der Waals surface area contributed by atoms with E-state index in [1.807, 2.05) is 24.3 Å². The monoisotopic (exact) mass is 353 g/mol. The fraction of sp³-hybridized carbons (Fsp3) is 0.250. The van der Waals surface area contributed by atoms with E-state index in [0.717, 1.165) is 28.3 Å². The Morgan fingerprint density at radius 3 is 2.70 bits per heavy atom. The highest BCUT2D eigenvalue weighted by molar-refractivity contribution is 9.08. The first-order valence-corrected chi connectivity index (χ1v) is 7.82. The van der Waals surface area contributed by atoms with Crippen LogP contribution in [0.25, 0.3) is 0 Å². The predicted molar refractivity (Wildman–Crippen MR) is 89.2 cm³/mol. The molecular weight excluding hydrogens is 338 g/mol. The number of hydrogen-bond donors (Lipinski definition) is 0. The highest BCUT2D eigenvalue weighted by Gasteiger charge is 2.08. The SMILES string of the molecule is COc1cccc(CN(C)c2cc(Cl)ccc2CBr)c1. The van der Waals surface area contributed by atoms with Gasteiger partial charge in [-0.25, -0.2) is 0 Å². The van der Waals surface area contributed by atoms with Crippen molar-refractivity contribution in [2.45, 2.75) is 11.9 Å². The first kappa shape index (κ1) is 15.2. The normalized spacial score (nSPS) is 10.4. The van der Waals surface area contributed by atoms with Gasteiger partial charge in [0, 0.05) is 29.6 Å². The van der Waals surface area contributed by atoms with Gasteiger partial charge in [-0.3, -0.25) is 0 Å². The molecule has 0 saturated carbocycles. The summed E-state index contributed by atoms with van der Waals surface area (Å²) < 4.78 is 5.26. The Morgan fingerprint density at radius 1 is 1.20 bits per heavy atom. The minimum Gasteiger partial charge on any atom is -0.497 e. The number of anilines is 1. The third-order valence-corrected chi connectivity index (χ3v) is 4.00. The highest BCUT2D eigenvalue weighted by atomic mass is 79.9. The quantitative estimate of drug-likeness (QED) is 0.710. The van der Waals surface area contributed by atoms with Crippen molar-refractivity contribution in [3.8, 4) is 5.75 Å². The average Bonchev–Trinajstić information content (AvgIpc) is 2.47. The number of nitrogens with zero attached hydrogens (tertiary/aromatic N) is 1. The summed E-state index contributed by atoms with van der Waals surface area (Å²) in [5.41, 5.74) is 3.56. The molecule has 20 heavy (non-hydrogen) atoms. The van der Waals surface area contributed by atoms with Crippen molar-refractivity contribution in [2.75, 3.05) is 19.1 Å². The van der Waals surface area contributed by atoms with Gasteiger partial charge in [-0.05, 0) is 35.4 Å². The maximum Gasteiger partial charge on any atom is 0.119 e. The predicted octanol–water partition coefficient (Wildman–Crippen LogP) is 4.88. The second kappa shape index (κ2) is 7.00. The van der Waals surface area contributed by atoms with Crippen LogP contribution in [0.5, 0.6) is 5.75 Å². The third-order valence-electron chi connectivity index (χ3n) is 3.16. The lowest BCUT2D eigenvalue weighted by atomic mass is 10.1. The van der Waals surface area contributed by atoms with E-state index in [2.05, 4.69) is 46.1 Å². The fourth-order valence-electron chi connectivity index (χ4n) is 2.14. The molecule has 0 unspecified atom stereocenters. The molecule has 0 spiro atoms. The minimum atomic E-state index is 0.752. The van der Waals surface area contributed by atoms with E-state index < -0.39 is 0 Å².